The summed E-state index contributed by atoms with van der Waals surface area (Å²) in [7, 11) is 0. The van der Waals surface area contributed by atoms with Crippen molar-refractivity contribution < 1.29 is 0 Å². The summed E-state index contributed by atoms with van der Waals surface area (Å²) in [4.78, 5) is 0. The second kappa shape index (κ2) is 4.06. The molecule has 1 aliphatic carbocycles. The van der Waals surface area contributed by atoms with E-state index in [0.29, 0.717) is 0 Å². The smallest absolute Gasteiger partial charge is 0.0153 e. The molecule has 0 N–H and O–H groups in total. The Bertz CT molecular complexity index is 395. The van der Waals surface area contributed by atoms with Crippen LogP contribution in [0.2, 0.25) is 0 Å². The van der Waals surface area contributed by atoms with Crippen LogP contribution in [-0.4, -0.2) is 0 Å². The van der Waals surface area contributed by atoms with Gasteiger partial charge in [0.15, 0.2) is 0 Å². The van der Waals surface area contributed by atoms with Crippen LogP contribution < -0.4 is 0 Å². The Morgan fingerprint density at radius 1 is 1.13 bits per heavy atom. The molecule has 0 spiro atoms. The highest BCUT2D eigenvalue weighted by Crippen LogP contribution is 2.39. The third-order valence-electron chi connectivity index (χ3n) is 3.49. The number of hydrogen-bond donors (Lipinski definition) is 0. The minimum absolute atomic E-state index is 0.761. The van der Waals surface area contributed by atoms with Crippen LogP contribution in [0.15, 0.2) is 25.3 Å². The second-order valence-corrected chi connectivity index (χ2v) is 4.34. The highest BCUT2D eigenvalue weighted by molar-refractivity contribution is 5.69. The molecule has 0 unspecified atom stereocenters. The molecule has 15 heavy (non-hydrogen) atoms. The van der Waals surface area contributed by atoms with E-state index < -0.39 is 0 Å². The van der Waals surface area contributed by atoms with Gasteiger partial charge in [0, 0.05) is 0 Å². The minimum atomic E-state index is 0.761. The van der Waals surface area contributed by atoms with Gasteiger partial charge in [-0.15, -0.1) is 0 Å². The van der Waals surface area contributed by atoms with Crippen molar-refractivity contribution >= 4 is 12.2 Å². The van der Waals surface area contributed by atoms with Gasteiger partial charge in [-0.2, -0.15) is 0 Å². The van der Waals surface area contributed by atoms with E-state index in [1.165, 1.54) is 41.5 Å². The molecule has 0 radical (unpaired) electrons. The van der Waals surface area contributed by atoms with Crippen molar-refractivity contribution in [1.29, 1.82) is 0 Å². The van der Waals surface area contributed by atoms with Crippen LogP contribution in [0.1, 0.15) is 47.4 Å². The first-order valence-electron chi connectivity index (χ1n) is 5.66. The highest BCUT2D eigenvalue weighted by atomic mass is 14.3. The standard InChI is InChI=1S/C15H18/c1-4-13-11(3)9-10-15(14(13)5-2)12-7-6-8-12/h4-5,9-10,12H,1-2,6-8H2,3H3. The topological polar surface area (TPSA) is 0 Å². The summed E-state index contributed by atoms with van der Waals surface area (Å²) in [5.41, 5.74) is 5.32. The van der Waals surface area contributed by atoms with Gasteiger partial charge in [0.05, 0.1) is 0 Å². The molecule has 0 nitrogen and oxygen atoms in total. The van der Waals surface area contributed by atoms with Crippen molar-refractivity contribution in [2.75, 3.05) is 0 Å². The lowest BCUT2D eigenvalue weighted by Gasteiger charge is -2.28. The molecule has 1 aliphatic rings. The SMILES string of the molecule is C=Cc1c(C)ccc(C2CCC2)c1C=C. The fourth-order valence-corrected chi connectivity index (χ4v) is 2.34. The van der Waals surface area contributed by atoms with Gasteiger partial charge in [-0.3, -0.25) is 0 Å². The van der Waals surface area contributed by atoms with Crippen LogP contribution in [-0.2, 0) is 0 Å². The van der Waals surface area contributed by atoms with Gasteiger partial charge in [-0.1, -0.05) is 43.9 Å². The van der Waals surface area contributed by atoms with E-state index in [1.807, 2.05) is 12.2 Å². The molecule has 0 heteroatoms. The molecule has 0 amide bonds. The summed E-state index contributed by atoms with van der Waals surface area (Å²) in [5.74, 6) is 0.761. The summed E-state index contributed by atoms with van der Waals surface area (Å²) in [5, 5.41) is 0. The quantitative estimate of drug-likeness (QED) is 0.668. The molecule has 78 valence electrons. The van der Waals surface area contributed by atoms with E-state index in [0.717, 1.165) is 5.92 Å². The Labute approximate surface area is 92.3 Å². The van der Waals surface area contributed by atoms with Crippen molar-refractivity contribution in [3.8, 4) is 0 Å². The molecule has 1 saturated carbocycles. The van der Waals surface area contributed by atoms with Crippen molar-refractivity contribution in [1.82, 2.24) is 0 Å². The van der Waals surface area contributed by atoms with Gasteiger partial charge < -0.3 is 0 Å². The van der Waals surface area contributed by atoms with Crippen molar-refractivity contribution in [3.05, 3.63) is 47.5 Å². The number of hydrogen-bond acceptors (Lipinski definition) is 0. The van der Waals surface area contributed by atoms with E-state index in [1.54, 1.807) is 0 Å². The summed E-state index contributed by atoms with van der Waals surface area (Å²) in [6.45, 7) is 9.96. The zero-order chi connectivity index (χ0) is 10.8. The Balaban J connectivity index is 2.54. The lowest BCUT2D eigenvalue weighted by atomic mass is 9.77. The molecule has 0 atom stereocenters. The third kappa shape index (κ3) is 1.65. The van der Waals surface area contributed by atoms with Gasteiger partial charge >= 0.3 is 0 Å². The van der Waals surface area contributed by atoms with Crippen LogP contribution in [0.25, 0.3) is 12.2 Å². The van der Waals surface area contributed by atoms with E-state index in [9.17, 15) is 0 Å². The summed E-state index contributed by atoms with van der Waals surface area (Å²) in [6, 6.07) is 4.47. The maximum absolute atomic E-state index is 3.93. The first-order valence-corrected chi connectivity index (χ1v) is 5.66. The molecular weight excluding hydrogens is 180 g/mol. The fraction of sp³-hybridized carbons (Fsp3) is 0.333. The zero-order valence-electron chi connectivity index (χ0n) is 9.42. The van der Waals surface area contributed by atoms with Gasteiger partial charge in [0.1, 0.15) is 0 Å². The Hall–Kier alpha value is -1.30. The predicted molar refractivity (Wildman–Crippen MR) is 68.0 cm³/mol. The highest BCUT2D eigenvalue weighted by Gasteiger charge is 2.22. The molecule has 0 aliphatic heterocycles. The van der Waals surface area contributed by atoms with Crippen LogP contribution in [0.3, 0.4) is 0 Å². The molecule has 1 fully saturated rings. The average molecular weight is 198 g/mol. The van der Waals surface area contributed by atoms with E-state index in [4.69, 9.17) is 0 Å². The molecule has 0 heterocycles. The Morgan fingerprint density at radius 2 is 1.80 bits per heavy atom. The largest absolute Gasteiger partial charge is 0.0984 e. The number of aryl methyl sites for hydroxylation is 1. The summed E-state index contributed by atoms with van der Waals surface area (Å²) in [6.07, 6.45) is 7.98. The molecule has 1 aromatic rings. The van der Waals surface area contributed by atoms with Crippen LogP contribution in [0.4, 0.5) is 0 Å². The van der Waals surface area contributed by atoms with Crippen molar-refractivity contribution in [2.24, 2.45) is 0 Å². The van der Waals surface area contributed by atoms with Crippen LogP contribution >= 0.6 is 0 Å². The molecule has 0 aromatic heterocycles. The molecular formula is C15H18. The summed E-state index contributed by atoms with van der Waals surface area (Å²) < 4.78 is 0. The van der Waals surface area contributed by atoms with Gasteiger partial charge in [0.2, 0.25) is 0 Å². The number of benzene rings is 1. The monoisotopic (exact) mass is 198 g/mol. The molecule has 2 rings (SSSR count). The second-order valence-electron chi connectivity index (χ2n) is 4.34. The number of rotatable bonds is 3. The Morgan fingerprint density at radius 3 is 2.27 bits per heavy atom. The lowest BCUT2D eigenvalue weighted by Crippen LogP contribution is -2.11. The normalized spacial score (nSPS) is 15.8. The maximum atomic E-state index is 3.93. The first kappa shape index (κ1) is 10.2. The molecule has 0 saturated heterocycles. The lowest BCUT2D eigenvalue weighted by molar-refractivity contribution is 0.419. The van der Waals surface area contributed by atoms with Crippen LogP contribution in [0.5, 0.6) is 0 Å². The Kier molecular flexibility index (Phi) is 2.77. The first-order chi connectivity index (χ1) is 7.27. The average Bonchev–Trinajstić information content (AvgIpc) is 2.17. The minimum Gasteiger partial charge on any atom is -0.0984 e. The van der Waals surface area contributed by atoms with E-state index in [2.05, 4.69) is 32.2 Å². The van der Waals surface area contributed by atoms with E-state index in [-0.39, 0.29) is 0 Å². The third-order valence-corrected chi connectivity index (χ3v) is 3.49. The van der Waals surface area contributed by atoms with Gasteiger partial charge in [-0.05, 0) is 47.9 Å². The van der Waals surface area contributed by atoms with Crippen molar-refractivity contribution in [2.45, 2.75) is 32.1 Å². The summed E-state index contributed by atoms with van der Waals surface area (Å²) >= 11 is 0. The van der Waals surface area contributed by atoms with Crippen molar-refractivity contribution in [3.63, 3.8) is 0 Å². The fourth-order valence-electron chi connectivity index (χ4n) is 2.34. The van der Waals surface area contributed by atoms with Gasteiger partial charge in [0.25, 0.3) is 0 Å². The zero-order valence-corrected chi connectivity index (χ0v) is 9.42. The maximum Gasteiger partial charge on any atom is -0.0153 e. The predicted octanol–water partition coefficient (Wildman–Crippen LogP) is 4.55. The van der Waals surface area contributed by atoms with E-state index >= 15 is 0 Å². The van der Waals surface area contributed by atoms with Gasteiger partial charge in [-0.25, -0.2) is 0 Å². The molecule has 0 bridgehead atoms. The van der Waals surface area contributed by atoms with Crippen LogP contribution in [0, 0.1) is 6.92 Å². The molecule has 1 aromatic carbocycles.